The van der Waals surface area contributed by atoms with Crippen molar-refractivity contribution in [3.63, 3.8) is 0 Å². The number of hydrazine groups is 1. The van der Waals surface area contributed by atoms with Crippen LogP contribution in [0.5, 0.6) is 5.75 Å². The van der Waals surface area contributed by atoms with Gasteiger partial charge in [0.1, 0.15) is 12.4 Å². The second kappa shape index (κ2) is 12.7. The molecule has 2 atom stereocenters. The molecule has 2 aromatic carbocycles. The van der Waals surface area contributed by atoms with Crippen molar-refractivity contribution in [3.05, 3.63) is 82.6 Å². The Hall–Kier alpha value is -3.35. The summed E-state index contributed by atoms with van der Waals surface area (Å²) in [6.07, 6.45) is 7.84. The predicted molar refractivity (Wildman–Crippen MR) is 174 cm³/mol. The molecule has 2 heterocycles. The molecule has 1 aliphatic rings. The fourth-order valence-corrected chi connectivity index (χ4v) is 6.49. The van der Waals surface area contributed by atoms with E-state index in [0.29, 0.717) is 6.61 Å². The number of rotatable bonds is 8. The molecule has 1 aliphatic heterocycles. The Morgan fingerprint density at radius 2 is 1.93 bits per heavy atom. The molecule has 0 amide bonds. The molecule has 0 radical (unpaired) electrons. The molecule has 4 rings (SSSR count). The van der Waals surface area contributed by atoms with Crippen LogP contribution in [0.25, 0.3) is 10.9 Å². The van der Waals surface area contributed by atoms with Gasteiger partial charge in [0.05, 0.1) is 16.9 Å². The minimum Gasteiger partial charge on any atom is -0.491 e. The summed E-state index contributed by atoms with van der Waals surface area (Å²) < 4.78 is 6.31. The molecular formula is C35H49N5O. The van der Waals surface area contributed by atoms with E-state index in [1.807, 2.05) is 25.4 Å². The lowest BCUT2D eigenvalue weighted by atomic mass is 9.68. The topological polar surface area (TPSA) is 80.6 Å². The van der Waals surface area contributed by atoms with Crippen LogP contribution in [0.3, 0.4) is 0 Å². The molecule has 0 spiro atoms. The first kappa shape index (κ1) is 30.6. The Morgan fingerprint density at radius 1 is 1.20 bits per heavy atom. The number of para-hydroxylation sites is 1. The van der Waals surface area contributed by atoms with E-state index in [2.05, 4.69) is 89.8 Å². The van der Waals surface area contributed by atoms with Gasteiger partial charge in [0, 0.05) is 43.8 Å². The molecule has 41 heavy (non-hydrogen) atoms. The number of anilines is 2. The van der Waals surface area contributed by atoms with Gasteiger partial charge >= 0.3 is 0 Å². The van der Waals surface area contributed by atoms with Crippen LogP contribution in [0.1, 0.15) is 70.6 Å². The number of allylic oxidation sites excluding steroid dienone is 2. The first-order chi connectivity index (χ1) is 19.4. The van der Waals surface area contributed by atoms with Crippen molar-refractivity contribution >= 4 is 22.3 Å². The smallest absolute Gasteiger partial charge is 0.134 e. The van der Waals surface area contributed by atoms with Crippen molar-refractivity contribution in [3.8, 4) is 5.75 Å². The van der Waals surface area contributed by atoms with Gasteiger partial charge < -0.3 is 15.5 Å². The van der Waals surface area contributed by atoms with Crippen LogP contribution in [0, 0.1) is 18.3 Å². The quantitative estimate of drug-likeness (QED) is 0.131. The Labute approximate surface area is 247 Å². The zero-order valence-electron chi connectivity index (χ0n) is 26.3. The highest BCUT2D eigenvalue weighted by atomic mass is 16.5. The highest BCUT2D eigenvalue weighted by molar-refractivity contribution is 5.86. The lowest BCUT2D eigenvalue weighted by Crippen LogP contribution is -2.30. The van der Waals surface area contributed by atoms with Gasteiger partial charge in [-0.2, -0.15) is 0 Å². The number of nitrogens with zero attached hydrogens (tertiary/aromatic N) is 3. The van der Waals surface area contributed by atoms with Gasteiger partial charge in [0.15, 0.2) is 0 Å². The van der Waals surface area contributed by atoms with E-state index in [1.165, 1.54) is 16.7 Å². The average molecular weight is 556 g/mol. The molecule has 2 unspecified atom stereocenters. The molecule has 220 valence electrons. The van der Waals surface area contributed by atoms with Crippen LogP contribution in [-0.4, -0.2) is 36.6 Å². The van der Waals surface area contributed by atoms with E-state index < -0.39 is 0 Å². The number of fused-ring (bicyclic) bond motifs is 3. The zero-order valence-corrected chi connectivity index (χ0v) is 26.3. The molecular weight excluding hydrogens is 506 g/mol. The maximum Gasteiger partial charge on any atom is 0.134 e. The summed E-state index contributed by atoms with van der Waals surface area (Å²) in [5.74, 6) is 7.59. The number of ether oxygens (including phenoxy) is 1. The number of benzene rings is 2. The van der Waals surface area contributed by atoms with E-state index in [-0.39, 0.29) is 17.3 Å². The fourth-order valence-electron chi connectivity index (χ4n) is 6.49. The van der Waals surface area contributed by atoms with Gasteiger partial charge in [-0.05, 0) is 72.4 Å². The number of nitrogen functional groups attached to an aromatic ring is 1. The molecule has 3 aromatic rings. The minimum absolute atomic E-state index is 0.0266. The van der Waals surface area contributed by atoms with Crippen molar-refractivity contribution < 1.29 is 4.74 Å². The van der Waals surface area contributed by atoms with E-state index in [9.17, 15) is 0 Å². The molecule has 1 aromatic heterocycles. The van der Waals surface area contributed by atoms with Crippen LogP contribution in [-0.2, 0) is 6.54 Å². The van der Waals surface area contributed by atoms with Crippen LogP contribution < -0.4 is 21.3 Å². The molecule has 0 saturated carbocycles. The summed E-state index contributed by atoms with van der Waals surface area (Å²) in [6, 6.07) is 12.5. The number of hydrogen-bond acceptors (Lipinski definition) is 6. The second-order valence-corrected chi connectivity index (χ2v) is 12.7. The van der Waals surface area contributed by atoms with Crippen LogP contribution in [0.15, 0.2) is 65.9 Å². The first-order valence-corrected chi connectivity index (χ1v) is 14.9. The summed E-state index contributed by atoms with van der Waals surface area (Å²) in [5, 5.41) is 2.69. The monoisotopic (exact) mass is 555 g/mol. The van der Waals surface area contributed by atoms with Gasteiger partial charge in [-0.3, -0.25) is 9.88 Å². The van der Waals surface area contributed by atoms with Gasteiger partial charge in [0.25, 0.3) is 0 Å². The lowest BCUT2D eigenvalue weighted by Gasteiger charge is -2.37. The van der Waals surface area contributed by atoms with Gasteiger partial charge in [-0.1, -0.05) is 70.5 Å². The third-order valence-electron chi connectivity index (χ3n) is 8.43. The minimum atomic E-state index is 0.0266. The molecule has 0 saturated heterocycles. The van der Waals surface area contributed by atoms with Crippen molar-refractivity contribution in [2.24, 2.45) is 17.2 Å². The zero-order chi connectivity index (χ0) is 29.9. The first-order valence-electron chi connectivity index (χ1n) is 14.9. The number of aromatic nitrogens is 1. The van der Waals surface area contributed by atoms with E-state index >= 15 is 0 Å². The maximum atomic E-state index is 6.60. The molecule has 0 bridgehead atoms. The van der Waals surface area contributed by atoms with E-state index in [1.54, 1.807) is 5.01 Å². The standard InChI is InChI=1S/C35H49N5O/c1-9-12-23(2)26(21-40-17-18-41-34-27(22-40)20-38-30-14-11-10-13-29(30)34)19-24(3)32(35(5,6)7)28-15-16-31(39(8)37)33(36)25(28)4/h10-16,19-20,24,32H,9,17-18,21-22,36-37H2,1-8H3/b23-12-,26-19-. The van der Waals surface area contributed by atoms with Gasteiger partial charge in [0.2, 0.25) is 0 Å². The number of pyridine rings is 1. The third kappa shape index (κ3) is 6.77. The van der Waals surface area contributed by atoms with Crippen molar-refractivity contribution in [2.45, 2.75) is 67.3 Å². The average Bonchev–Trinajstić information content (AvgIpc) is 3.12. The Morgan fingerprint density at radius 3 is 2.61 bits per heavy atom. The number of hydrogen-bond donors (Lipinski definition) is 2. The van der Waals surface area contributed by atoms with Crippen LogP contribution >= 0.6 is 0 Å². The summed E-state index contributed by atoms with van der Waals surface area (Å²) in [5.41, 5.74) is 15.5. The molecule has 0 fully saturated rings. The Kier molecular flexibility index (Phi) is 9.45. The summed E-state index contributed by atoms with van der Waals surface area (Å²) in [4.78, 5) is 7.22. The largest absolute Gasteiger partial charge is 0.491 e. The summed E-state index contributed by atoms with van der Waals surface area (Å²) in [6.45, 7) is 19.1. The summed E-state index contributed by atoms with van der Waals surface area (Å²) in [7, 11) is 1.83. The maximum absolute atomic E-state index is 6.60. The Balaban J connectivity index is 1.69. The molecule has 0 aliphatic carbocycles. The predicted octanol–water partition coefficient (Wildman–Crippen LogP) is 7.38. The lowest BCUT2D eigenvalue weighted by molar-refractivity contribution is 0.239. The highest BCUT2D eigenvalue weighted by Crippen LogP contribution is 2.45. The van der Waals surface area contributed by atoms with Crippen LogP contribution in [0.4, 0.5) is 11.4 Å². The SMILES string of the molecule is CC/C=C(C)\C(=C/C(C)C(c1ccc(N(C)N)c(N)c1C)C(C)(C)C)CN1CCOc2c(cnc3ccccc23)C1. The fraction of sp³-hybridized carbons (Fsp3) is 0.457. The Bertz CT molecular complexity index is 1430. The summed E-state index contributed by atoms with van der Waals surface area (Å²) >= 11 is 0. The van der Waals surface area contributed by atoms with Crippen molar-refractivity contribution in [1.29, 1.82) is 0 Å². The van der Waals surface area contributed by atoms with Gasteiger partial charge in [-0.25, -0.2) is 5.84 Å². The van der Waals surface area contributed by atoms with Crippen molar-refractivity contribution in [2.75, 3.05) is 37.5 Å². The van der Waals surface area contributed by atoms with E-state index in [0.717, 1.165) is 65.2 Å². The van der Waals surface area contributed by atoms with Gasteiger partial charge in [-0.15, -0.1) is 0 Å². The molecule has 6 heteroatoms. The second-order valence-electron chi connectivity index (χ2n) is 12.7. The molecule has 6 nitrogen and oxygen atoms in total. The third-order valence-corrected chi connectivity index (χ3v) is 8.43. The number of nitrogens with two attached hydrogens (primary N) is 2. The van der Waals surface area contributed by atoms with E-state index in [4.69, 9.17) is 21.3 Å². The normalized spacial score (nSPS) is 16.6. The van der Waals surface area contributed by atoms with Crippen molar-refractivity contribution in [1.82, 2.24) is 9.88 Å². The highest BCUT2D eigenvalue weighted by Gasteiger charge is 2.33. The van der Waals surface area contributed by atoms with Crippen LogP contribution in [0.2, 0.25) is 0 Å². The molecule has 4 N–H and O–H groups in total.